The number of alkyl halides is 1. The van der Waals surface area contributed by atoms with E-state index in [9.17, 15) is 13.2 Å². The standard InChI is InChI=1S/C15H18ClF3/c16-15(10-6-4-2-1-3-5-7-10)14-12(18)8-11(17)9-13(14)19/h8-10,15H,1-7H2. The smallest absolute Gasteiger partial charge is 0.133 e. The van der Waals surface area contributed by atoms with E-state index in [4.69, 9.17) is 11.6 Å². The molecule has 0 spiro atoms. The van der Waals surface area contributed by atoms with Gasteiger partial charge < -0.3 is 0 Å². The quantitative estimate of drug-likeness (QED) is 0.609. The van der Waals surface area contributed by atoms with Gasteiger partial charge in [0.05, 0.1) is 5.38 Å². The lowest BCUT2D eigenvalue weighted by Crippen LogP contribution is -2.13. The van der Waals surface area contributed by atoms with Crippen LogP contribution in [0.15, 0.2) is 12.1 Å². The number of benzene rings is 1. The molecular formula is C15H18ClF3. The SMILES string of the molecule is Fc1cc(F)c(C(Cl)C2CCCCCCC2)c(F)c1. The molecule has 1 aromatic rings. The molecular weight excluding hydrogens is 273 g/mol. The van der Waals surface area contributed by atoms with Gasteiger partial charge in [0.1, 0.15) is 17.5 Å². The van der Waals surface area contributed by atoms with Crippen LogP contribution in [0.4, 0.5) is 13.2 Å². The zero-order chi connectivity index (χ0) is 13.8. The topological polar surface area (TPSA) is 0 Å². The summed E-state index contributed by atoms with van der Waals surface area (Å²) in [4.78, 5) is 0. The Bertz CT molecular complexity index is 402. The van der Waals surface area contributed by atoms with E-state index in [1.807, 2.05) is 0 Å². The fourth-order valence-electron chi connectivity index (χ4n) is 2.83. The Labute approximate surface area is 117 Å². The van der Waals surface area contributed by atoms with Crippen molar-refractivity contribution in [2.45, 2.75) is 50.3 Å². The van der Waals surface area contributed by atoms with E-state index in [1.54, 1.807) is 0 Å². The second kappa shape index (κ2) is 6.65. The van der Waals surface area contributed by atoms with Crippen molar-refractivity contribution in [2.24, 2.45) is 5.92 Å². The molecule has 0 aliphatic heterocycles. The zero-order valence-electron chi connectivity index (χ0n) is 10.8. The van der Waals surface area contributed by atoms with E-state index in [0.717, 1.165) is 38.5 Å². The first-order chi connectivity index (χ1) is 9.09. The summed E-state index contributed by atoms with van der Waals surface area (Å²) in [5, 5.41) is -0.710. The van der Waals surface area contributed by atoms with Gasteiger partial charge in [-0.1, -0.05) is 32.1 Å². The average molecular weight is 291 g/mol. The lowest BCUT2D eigenvalue weighted by atomic mass is 9.86. The maximum atomic E-state index is 13.7. The third-order valence-electron chi connectivity index (χ3n) is 3.88. The van der Waals surface area contributed by atoms with Gasteiger partial charge in [0.2, 0.25) is 0 Å². The van der Waals surface area contributed by atoms with Gasteiger partial charge in [-0.15, -0.1) is 11.6 Å². The van der Waals surface area contributed by atoms with E-state index in [-0.39, 0.29) is 11.5 Å². The van der Waals surface area contributed by atoms with Crippen LogP contribution in [0.5, 0.6) is 0 Å². The van der Waals surface area contributed by atoms with Gasteiger partial charge >= 0.3 is 0 Å². The molecule has 1 fully saturated rings. The molecule has 1 atom stereocenters. The highest BCUT2D eigenvalue weighted by molar-refractivity contribution is 6.21. The fraction of sp³-hybridized carbons (Fsp3) is 0.600. The fourth-order valence-corrected chi connectivity index (χ4v) is 3.29. The number of hydrogen-bond acceptors (Lipinski definition) is 0. The largest absolute Gasteiger partial charge is 0.207 e. The van der Waals surface area contributed by atoms with Gasteiger partial charge in [0.15, 0.2) is 0 Å². The van der Waals surface area contributed by atoms with Crippen LogP contribution in [-0.2, 0) is 0 Å². The van der Waals surface area contributed by atoms with Gasteiger partial charge in [-0.3, -0.25) is 0 Å². The van der Waals surface area contributed by atoms with Crippen LogP contribution in [0.25, 0.3) is 0 Å². The highest BCUT2D eigenvalue weighted by Crippen LogP contribution is 2.39. The van der Waals surface area contributed by atoms with Crippen molar-refractivity contribution in [3.8, 4) is 0 Å². The van der Waals surface area contributed by atoms with E-state index in [0.29, 0.717) is 12.1 Å². The summed E-state index contributed by atoms with van der Waals surface area (Å²) in [6, 6.07) is 1.41. The first-order valence-electron chi connectivity index (χ1n) is 6.88. The van der Waals surface area contributed by atoms with Crippen LogP contribution in [0.2, 0.25) is 0 Å². The summed E-state index contributed by atoms with van der Waals surface area (Å²) in [6.07, 6.45) is 7.35. The first kappa shape index (κ1) is 14.7. The normalized spacial score (nSPS) is 19.8. The van der Waals surface area contributed by atoms with E-state index >= 15 is 0 Å². The highest BCUT2D eigenvalue weighted by Gasteiger charge is 2.27. The number of rotatable bonds is 2. The Hall–Kier alpha value is -0.700. The van der Waals surface area contributed by atoms with Gasteiger partial charge in [0.25, 0.3) is 0 Å². The minimum Gasteiger partial charge on any atom is -0.207 e. The molecule has 2 rings (SSSR count). The second-order valence-corrected chi connectivity index (χ2v) is 5.76. The van der Waals surface area contributed by atoms with Crippen molar-refractivity contribution in [1.29, 1.82) is 0 Å². The summed E-state index contributed by atoms with van der Waals surface area (Å²) < 4.78 is 40.4. The molecule has 1 aliphatic carbocycles. The summed E-state index contributed by atoms with van der Waals surface area (Å²) in [6.45, 7) is 0. The van der Waals surface area contributed by atoms with Crippen molar-refractivity contribution in [3.63, 3.8) is 0 Å². The molecule has 0 aromatic heterocycles. The molecule has 4 heteroatoms. The first-order valence-corrected chi connectivity index (χ1v) is 7.31. The number of halogens is 4. The summed E-state index contributed by atoms with van der Waals surface area (Å²) in [7, 11) is 0. The van der Waals surface area contributed by atoms with Crippen molar-refractivity contribution in [1.82, 2.24) is 0 Å². The van der Waals surface area contributed by atoms with Crippen LogP contribution in [0.3, 0.4) is 0 Å². The highest BCUT2D eigenvalue weighted by atomic mass is 35.5. The lowest BCUT2D eigenvalue weighted by molar-refractivity contribution is 0.358. The van der Waals surface area contributed by atoms with Crippen molar-refractivity contribution in [3.05, 3.63) is 35.1 Å². The molecule has 1 aliphatic rings. The van der Waals surface area contributed by atoms with Gasteiger partial charge in [-0.2, -0.15) is 0 Å². The van der Waals surface area contributed by atoms with Crippen molar-refractivity contribution < 1.29 is 13.2 Å². The maximum absolute atomic E-state index is 13.7. The van der Waals surface area contributed by atoms with Gasteiger partial charge in [-0.25, -0.2) is 13.2 Å². The lowest BCUT2D eigenvalue weighted by Gasteiger charge is -2.25. The molecule has 1 aromatic carbocycles. The van der Waals surface area contributed by atoms with Gasteiger partial charge in [-0.05, 0) is 18.8 Å². The molecule has 0 heterocycles. The summed E-state index contributed by atoms with van der Waals surface area (Å²) >= 11 is 6.27. The molecule has 19 heavy (non-hydrogen) atoms. The van der Waals surface area contributed by atoms with Crippen LogP contribution in [0.1, 0.15) is 55.9 Å². The van der Waals surface area contributed by atoms with Crippen molar-refractivity contribution in [2.75, 3.05) is 0 Å². The molecule has 0 bridgehead atoms. The van der Waals surface area contributed by atoms with Gasteiger partial charge in [0, 0.05) is 17.7 Å². The molecule has 0 nitrogen and oxygen atoms in total. The Morgan fingerprint density at radius 2 is 1.37 bits per heavy atom. The third-order valence-corrected chi connectivity index (χ3v) is 4.46. The van der Waals surface area contributed by atoms with Crippen LogP contribution in [-0.4, -0.2) is 0 Å². The molecule has 1 unspecified atom stereocenters. The predicted octanol–water partition coefficient (Wildman–Crippen LogP) is 5.74. The molecule has 0 amide bonds. The monoisotopic (exact) mass is 290 g/mol. The minimum absolute atomic E-state index is 0.0661. The number of hydrogen-bond donors (Lipinski definition) is 0. The molecule has 0 radical (unpaired) electrons. The zero-order valence-corrected chi connectivity index (χ0v) is 11.5. The Balaban J connectivity index is 2.19. The minimum atomic E-state index is -0.903. The Morgan fingerprint density at radius 3 is 1.89 bits per heavy atom. The molecule has 0 N–H and O–H groups in total. The molecule has 106 valence electrons. The van der Waals surface area contributed by atoms with E-state index in [1.165, 1.54) is 6.42 Å². The average Bonchev–Trinajstić information content (AvgIpc) is 2.26. The molecule has 1 saturated carbocycles. The van der Waals surface area contributed by atoms with Crippen molar-refractivity contribution >= 4 is 11.6 Å². The summed E-state index contributed by atoms with van der Waals surface area (Å²) in [5.41, 5.74) is -0.173. The van der Waals surface area contributed by atoms with Crippen LogP contribution in [0, 0.1) is 23.4 Å². The molecule has 0 saturated heterocycles. The Morgan fingerprint density at radius 1 is 0.895 bits per heavy atom. The summed E-state index contributed by atoms with van der Waals surface area (Å²) in [5.74, 6) is -2.59. The Kier molecular flexibility index (Phi) is 5.14. The van der Waals surface area contributed by atoms with E-state index in [2.05, 4.69) is 0 Å². The van der Waals surface area contributed by atoms with E-state index < -0.39 is 22.8 Å². The third kappa shape index (κ3) is 3.65. The van der Waals surface area contributed by atoms with Crippen LogP contribution >= 0.6 is 11.6 Å². The van der Waals surface area contributed by atoms with Crippen LogP contribution < -0.4 is 0 Å². The second-order valence-electron chi connectivity index (χ2n) is 5.29. The predicted molar refractivity (Wildman–Crippen MR) is 70.7 cm³/mol. The maximum Gasteiger partial charge on any atom is 0.133 e.